The Labute approximate surface area is 118 Å². The van der Waals surface area contributed by atoms with Crippen LogP contribution in [0, 0.1) is 0 Å². The zero-order valence-electron chi connectivity index (χ0n) is 10.5. The van der Waals surface area contributed by atoms with E-state index in [1.54, 1.807) is 11.4 Å². The van der Waals surface area contributed by atoms with Crippen molar-refractivity contribution in [3.63, 3.8) is 0 Å². The number of nitrogens with one attached hydrogen (secondary N) is 1. The highest BCUT2D eigenvalue weighted by atomic mass is 32.1. The summed E-state index contributed by atoms with van der Waals surface area (Å²) in [5, 5.41) is 13.7. The number of phenols is 1. The molecule has 0 bridgehead atoms. The summed E-state index contributed by atoms with van der Waals surface area (Å²) >= 11 is 1.17. The van der Waals surface area contributed by atoms with E-state index in [1.165, 1.54) is 36.6 Å². The maximum absolute atomic E-state index is 12.0. The molecule has 2 aromatic rings. The first-order chi connectivity index (χ1) is 9.52. The van der Waals surface area contributed by atoms with Crippen molar-refractivity contribution < 1.29 is 19.4 Å². The molecule has 0 saturated heterocycles. The number of carbonyl (C=O) groups is 2. The molecule has 4 N–H and O–H groups in total. The molecule has 1 heterocycles. The van der Waals surface area contributed by atoms with E-state index in [-0.39, 0.29) is 17.0 Å². The van der Waals surface area contributed by atoms with E-state index < -0.39 is 11.9 Å². The lowest BCUT2D eigenvalue weighted by molar-refractivity contribution is 0.0607. The van der Waals surface area contributed by atoms with Crippen molar-refractivity contribution in [3.8, 4) is 5.75 Å². The Morgan fingerprint density at radius 1 is 1.35 bits per heavy atom. The van der Waals surface area contributed by atoms with Gasteiger partial charge in [0.05, 0.1) is 18.5 Å². The van der Waals surface area contributed by atoms with Crippen molar-refractivity contribution in [2.75, 3.05) is 18.2 Å². The first-order valence-corrected chi connectivity index (χ1v) is 6.46. The normalized spacial score (nSPS) is 10.1. The van der Waals surface area contributed by atoms with Crippen LogP contribution in [-0.2, 0) is 4.74 Å². The fraction of sp³-hybridized carbons (Fsp3) is 0.0769. The molecule has 0 fully saturated rings. The van der Waals surface area contributed by atoms with Gasteiger partial charge in [-0.1, -0.05) is 0 Å². The summed E-state index contributed by atoms with van der Waals surface area (Å²) in [5.74, 6) is -1.14. The molecule has 1 amide bonds. The number of nitrogen functional groups attached to an aromatic ring is 1. The number of amides is 1. The summed E-state index contributed by atoms with van der Waals surface area (Å²) in [4.78, 5) is 23.8. The van der Waals surface area contributed by atoms with Gasteiger partial charge in [-0.3, -0.25) is 4.79 Å². The Bertz CT molecular complexity index is 666. The van der Waals surface area contributed by atoms with E-state index in [1.807, 2.05) is 0 Å². The molecule has 0 radical (unpaired) electrons. The second-order valence-electron chi connectivity index (χ2n) is 3.88. The number of benzene rings is 1. The number of ether oxygens (including phenoxy) is 1. The topological polar surface area (TPSA) is 102 Å². The zero-order valence-corrected chi connectivity index (χ0v) is 11.4. The van der Waals surface area contributed by atoms with Gasteiger partial charge in [-0.25, -0.2) is 4.79 Å². The van der Waals surface area contributed by atoms with Gasteiger partial charge in [0.2, 0.25) is 0 Å². The lowest BCUT2D eigenvalue weighted by atomic mass is 10.1. The Hall–Kier alpha value is -2.54. The molecule has 6 nitrogen and oxygen atoms in total. The predicted octanol–water partition coefficient (Wildman–Crippen LogP) is 2.07. The summed E-state index contributed by atoms with van der Waals surface area (Å²) in [5.41, 5.74) is 6.25. The molecule has 104 valence electrons. The van der Waals surface area contributed by atoms with Gasteiger partial charge in [-0.05, 0) is 29.6 Å². The summed E-state index contributed by atoms with van der Waals surface area (Å²) in [7, 11) is 1.27. The monoisotopic (exact) mass is 292 g/mol. The highest BCUT2D eigenvalue weighted by molar-refractivity contribution is 7.12. The maximum Gasteiger partial charge on any atom is 0.350 e. The number of rotatable bonds is 3. The number of hydrogen-bond acceptors (Lipinski definition) is 6. The van der Waals surface area contributed by atoms with Crippen molar-refractivity contribution >= 4 is 34.6 Å². The van der Waals surface area contributed by atoms with E-state index in [4.69, 9.17) is 5.73 Å². The number of aromatic hydroxyl groups is 1. The molecule has 1 aromatic heterocycles. The fourth-order valence-electron chi connectivity index (χ4n) is 1.54. The molecule has 0 aliphatic heterocycles. The molecule has 20 heavy (non-hydrogen) atoms. The number of methoxy groups -OCH3 is 1. The molecule has 0 aliphatic carbocycles. The Kier molecular flexibility index (Phi) is 3.90. The standard InChI is InChI=1S/C13H12N2O4S/c1-19-13(18)11-9(4-5-20-11)15-12(17)7-2-3-8(14)10(16)6-7/h2-6,16H,14H2,1H3,(H,15,17). The van der Waals surface area contributed by atoms with Gasteiger partial charge in [0.15, 0.2) is 0 Å². The van der Waals surface area contributed by atoms with Crippen molar-refractivity contribution in [2.24, 2.45) is 0 Å². The molecule has 0 spiro atoms. The summed E-state index contributed by atoms with van der Waals surface area (Å²) < 4.78 is 4.62. The summed E-state index contributed by atoms with van der Waals surface area (Å²) in [6, 6.07) is 5.77. The van der Waals surface area contributed by atoms with Crippen molar-refractivity contribution in [1.82, 2.24) is 0 Å². The summed E-state index contributed by atoms with van der Waals surface area (Å²) in [6.45, 7) is 0. The highest BCUT2D eigenvalue weighted by Crippen LogP contribution is 2.25. The third kappa shape index (κ3) is 2.72. The number of nitrogens with two attached hydrogens (primary N) is 1. The van der Waals surface area contributed by atoms with E-state index in [9.17, 15) is 14.7 Å². The van der Waals surface area contributed by atoms with E-state index in [0.29, 0.717) is 10.6 Å². The van der Waals surface area contributed by atoms with Gasteiger partial charge >= 0.3 is 5.97 Å². The quantitative estimate of drug-likeness (QED) is 0.456. The molecule has 2 rings (SSSR count). The molecule has 7 heteroatoms. The van der Waals surface area contributed by atoms with Crippen LogP contribution in [0.2, 0.25) is 0 Å². The van der Waals surface area contributed by atoms with Gasteiger partial charge in [0.25, 0.3) is 5.91 Å². The number of carbonyl (C=O) groups excluding carboxylic acids is 2. The maximum atomic E-state index is 12.0. The van der Waals surface area contributed by atoms with Gasteiger partial charge in [0.1, 0.15) is 10.6 Å². The lowest BCUT2D eigenvalue weighted by Crippen LogP contribution is -2.14. The van der Waals surface area contributed by atoms with E-state index in [0.717, 1.165) is 0 Å². The third-order valence-corrected chi connectivity index (χ3v) is 3.47. The average molecular weight is 292 g/mol. The van der Waals surface area contributed by atoms with Crippen LogP contribution < -0.4 is 11.1 Å². The number of thiophene rings is 1. The van der Waals surface area contributed by atoms with Gasteiger partial charge in [0, 0.05) is 5.56 Å². The van der Waals surface area contributed by atoms with Crippen molar-refractivity contribution in [2.45, 2.75) is 0 Å². The Morgan fingerprint density at radius 3 is 2.75 bits per heavy atom. The highest BCUT2D eigenvalue weighted by Gasteiger charge is 2.16. The van der Waals surface area contributed by atoms with Crippen LogP contribution >= 0.6 is 11.3 Å². The Morgan fingerprint density at radius 2 is 2.10 bits per heavy atom. The molecule has 0 unspecified atom stereocenters. The fourth-order valence-corrected chi connectivity index (χ4v) is 2.30. The van der Waals surface area contributed by atoms with Gasteiger partial charge < -0.3 is 20.9 Å². The minimum absolute atomic E-state index is 0.170. The van der Waals surface area contributed by atoms with E-state index >= 15 is 0 Å². The number of anilines is 2. The molecule has 0 atom stereocenters. The van der Waals surface area contributed by atoms with Crippen LogP contribution in [0.1, 0.15) is 20.0 Å². The second kappa shape index (κ2) is 5.62. The molecular formula is C13H12N2O4S. The second-order valence-corrected chi connectivity index (χ2v) is 4.80. The smallest absolute Gasteiger partial charge is 0.350 e. The molecule has 0 aliphatic rings. The largest absolute Gasteiger partial charge is 0.506 e. The van der Waals surface area contributed by atoms with Crippen LogP contribution in [0.3, 0.4) is 0 Å². The SMILES string of the molecule is COC(=O)c1sccc1NC(=O)c1ccc(N)c(O)c1. The summed E-state index contributed by atoms with van der Waals surface area (Å²) in [6.07, 6.45) is 0. The van der Waals surface area contributed by atoms with Gasteiger partial charge in [-0.15, -0.1) is 11.3 Å². The van der Waals surface area contributed by atoms with E-state index in [2.05, 4.69) is 10.1 Å². The van der Waals surface area contributed by atoms with Crippen molar-refractivity contribution in [1.29, 1.82) is 0 Å². The third-order valence-electron chi connectivity index (χ3n) is 2.58. The predicted molar refractivity (Wildman–Crippen MR) is 76.1 cm³/mol. The van der Waals surface area contributed by atoms with Gasteiger partial charge in [-0.2, -0.15) is 0 Å². The first-order valence-electron chi connectivity index (χ1n) is 5.58. The Balaban J connectivity index is 2.22. The molecular weight excluding hydrogens is 280 g/mol. The first kappa shape index (κ1) is 13.9. The molecule has 0 saturated carbocycles. The number of esters is 1. The number of phenolic OH excluding ortho intramolecular Hbond substituents is 1. The minimum atomic E-state index is -0.518. The minimum Gasteiger partial charge on any atom is -0.506 e. The lowest BCUT2D eigenvalue weighted by Gasteiger charge is -2.06. The van der Waals surface area contributed by atoms with Crippen LogP contribution in [0.15, 0.2) is 29.6 Å². The van der Waals surface area contributed by atoms with Crippen LogP contribution in [0.5, 0.6) is 5.75 Å². The average Bonchev–Trinajstić information content (AvgIpc) is 2.89. The number of hydrogen-bond donors (Lipinski definition) is 3. The zero-order chi connectivity index (χ0) is 14.7. The van der Waals surface area contributed by atoms with Crippen LogP contribution in [0.4, 0.5) is 11.4 Å². The van der Waals surface area contributed by atoms with Crippen LogP contribution in [-0.4, -0.2) is 24.1 Å². The van der Waals surface area contributed by atoms with Crippen LogP contribution in [0.25, 0.3) is 0 Å². The molecule has 1 aromatic carbocycles. The van der Waals surface area contributed by atoms with Crippen molar-refractivity contribution in [3.05, 3.63) is 40.1 Å².